The third-order valence-electron chi connectivity index (χ3n) is 3.74. The van der Waals surface area contributed by atoms with Crippen LogP contribution >= 0.6 is 11.8 Å². The lowest BCUT2D eigenvalue weighted by Crippen LogP contribution is -2.11. The first-order chi connectivity index (χ1) is 12.2. The van der Waals surface area contributed by atoms with E-state index >= 15 is 0 Å². The summed E-state index contributed by atoms with van der Waals surface area (Å²) in [6, 6.07) is 16.3. The van der Waals surface area contributed by atoms with Crippen molar-refractivity contribution in [2.45, 2.75) is 37.4 Å². The van der Waals surface area contributed by atoms with Gasteiger partial charge in [-0.1, -0.05) is 42.1 Å². The molecule has 0 aliphatic heterocycles. The lowest BCUT2D eigenvalue weighted by atomic mass is 10.2. The first-order valence-corrected chi connectivity index (χ1v) is 9.18. The van der Waals surface area contributed by atoms with Crippen LogP contribution in [0.5, 0.6) is 5.75 Å². The zero-order chi connectivity index (χ0) is 17.6. The van der Waals surface area contributed by atoms with Crippen molar-refractivity contribution in [1.82, 2.24) is 14.8 Å². The van der Waals surface area contributed by atoms with Crippen LogP contribution in [0.25, 0.3) is 0 Å². The first-order valence-electron chi connectivity index (χ1n) is 8.19. The zero-order valence-electron chi connectivity index (χ0n) is 14.2. The predicted molar refractivity (Wildman–Crippen MR) is 97.1 cm³/mol. The van der Waals surface area contributed by atoms with Crippen molar-refractivity contribution in [3.8, 4) is 5.75 Å². The van der Waals surface area contributed by atoms with Gasteiger partial charge in [0.2, 0.25) is 0 Å². The Hall–Kier alpha value is -2.34. The Kier molecular flexibility index (Phi) is 5.71. The molecule has 2 aromatic carbocycles. The highest BCUT2D eigenvalue weighted by Crippen LogP contribution is 2.26. The number of ether oxygens (including phenoxy) is 1. The summed E-state index contributed by atoms with van der Waals surface area (Å²) in [5.74, 6) is 2.01. The number of hydrogen-bond acceptors (Lipinski definition) is 4. The molecule has 0 aliphatic carbocycles. The van der Waals surface area contributed by atoms with E-state index in [0.717, 1.165) is 28.8 Å². The number of nitrogens with zero attached hydrogens (tertiary/aromatic N) is 3. The Morgan fingerprint density at radius 1 is 1.12 bits per heavy atom. The molecule has 0 amide bonds. The minimum atomic E-state index is -0.222. The number of thioether (sulfide) groups is 1. The predicted octanol–water partition coefficient (Wildman–Crippen LogP) is 4.87. The Morgan fingerprint density at radius 3 is 2.64 bits per heavy atom. The topological polar surface area (TPSA) is 39.9 Å². The van der Waals surface area contributed by atoms with Crippen molar-refractivity contribution in [3.63, 3.8) is 0 Å². The maximum atomic E-state index is 13.3. The summed E-state index contributed by atoms with van der Waals surface area (Å²) in [6.45, 7) is 4.76. The van der Waals surface area contributed by atoms with Gasteiger partial charge in [0.05, 0.1) is 0 Å². The average Bonchev–Trinajstić information content (AvgIpc) is 3.04. The van der Waals surface area contributed by atoms with E-state index in [4.69, 9.17) is 4.74 Å². The van der Waals surface area contributed by atoms with E-state index in [1.54, 1.807) is 23.9 Å². The summed E-state index contributed by atoms with van der Waals surface area (Å²) in [6.07, 6.45) is -0.210. The molecule has 0 saturated carbocycles. The van der Waals surface area contributed by atoms with Gasteiger partial charge in [0.25, 0.3) is 0 Å². The molecule has 0 spiro atoms. The van der Waals surface area contributed by atoms with Crippen LogP contribution in [0.1, 0.15) is 31.3 Å². The first kappa shape index (κ1) is 17.5. The number of halogens is 1. The van der Waals surface area contributed by atoms with Crippen LogP contribution in [-0.4, -0.2) is 14.8 Å². The van der Waals surface area contributed by atoms with Crippen LogP contribution in [-0.2, 0) is 12.3 Å². The number of hydrogen-bond donors (Lipinski definition) is 0. The molecule has 1 unspecified atom stereocenters. The normalized spacial score (nSPS) is 12.1. The number of aromatic nitrogens is 3. The van der Waals surface area contributed by atoms with Gasteiger partial charge in [0.1, 0.15) is 11.6 Å². The lowest BCUT2D eigenvalue weighted by molar-refractivity contribution is 0.210. The van der Waals surface area contributed by atoms with Crippen LogP contribution in [0.2, 0.25) is 0 Å². The fourth-order valence-electron chi connectivity index (χ4n) is 2.54. The lowest BCUT2D eigenvalue weighted by Gasteiger charge is -2.15. The highest BCUT2D eigenvalue weighted by Gasteiger charge is 2.18. The summed E-state index contributed by atoms with van der Waals surface area (Å²) in [7, 11) is 0. The molecular weight excluding hydrogens is 337 g/mol. The Balaban J connectivity index is 1.72. The van der Waals surface area contributed by atoms with Gasteiger partial charge in [0, 0.05) is 12.3 Å². The molecule has 0 N–H and O–H groups in total. The van der Waals surface area contributed by atoms with Crippen LogP contribution < -0.4 is 4.74 Å². The van der Waals surface area contributed by atoms with Crippen molar-refractivity contribution in [3.05, 3.63) is 71.8 Å². The van der Waals surface area contributed by atoms with Gasteiger partial charge in [-0.05, 0) is 43.7 Å². The van der Waals surface area contributed by atoms with Gasteiger partial charge >= 0.3 is 0 Å². The highest BCUT2D eigenvalue weighted by atomic mass is 32.2. The molecule has 1 atom stereocenters. The number of rotatable bonds is 7. The third-order valence-corrected chi connectivity index (χ3v) is 4.78. The fourth-order valence-corrected chi connectivity index (χ4v) is 3.49. The molecule has 1 aromatic heterocycles. The molecule has 0 fully saturated rings. The fraction of sp³-hybridized carbons (Fsp3) is 0.263. The molecule has 0 radical (unpaired) electrons. The largest absolute Gasteiger partial charge is 0.483 e. The number of para-hydroxylation sites is 1. The van der Waals surface area contributed by atoms with Gasteiger partial charge in [0.15, 0.2) is 17.1 Å². The monoisotopic (exact) mass is 357 g/mol. The van der Waals surface area contributed by atoms with Crippen molar-refractivity contribution in [2.24, 2.45) is 0 Å². The van der Waals surface area contributed by atoms with Crippen LogP contribution in [0.15, 0.2) is 59.8 Å². The van der Waals surface area contributed by atoms with Crippen LogP contribution in [0.3, 0.4) is 0 Å². The van der Waals surface area contributed by atoms with Crippen LogP contribution in [0.4, 0.5) is 4.39 Å². The van der Waals surface area contributed by atoms with Gasteiger partial charge in [-0.25, -0.2) is 4.39 Å². The second-order valence-corrected chi connectivity index (χ2v) is 6.52. The third kappa shape index (κ3) is 4.39. The summed E-state index contributed by atoms with van der Waals surface area (Å²) >= 11 is 1.55. The van der Waals surface area contributed by atoms with Gasteiger partial charge in [-0.3, -0.25) is 0 Å². The van der Waals surface area contributed by atoms with Crippen molar-refractivity contribution in [1.29, 1.82) is 0 Å². The zero-order valence-corrected chi connectivity index (χ0v) is 15.0. The molecule has 3 rings (SSSR count). The van der Waals surface area contributed by atoms with E-state index in [-0.39, 0.29) is 11.9 Å². The van der Waals surface area contributed by atoms with Crippen molar-refractivity contribution >= 4 is 11.8 Å². The SMILES string of the molecule is CCn1c(SCc2cccc(F)c2)nnc1C(C)Oc1ccccc1. The number of benzene rings is 2. The minimum absolute atomic E-state index is 0.210. The summed E-state index contributed by atoms with van der Waals surface area (Å²) in [5.41, 5.74) is 0.922. The molecule has 0 saturated heterocycles. The molecule has 25 heavy (non-hydrogen) atoms. The molecule has 0 aliphatic rings. The standard InChI is InChI=1S/C19H20FN3OS/c1-3-23-18(14(2)24-17-10-5-4-6-11-17)21-22-19(23)25-13-15-8-7-9-16(20)12-15/h4-12,14H,3,13H2,1-2H3. The highest BCUT2D eigenvalue weighted by molar-refractivity contribution is 7.98. The Morgan fingerprint density at radius 2 is 1.92 bits per heavy atom. The van der Waals surface area contributed by atoms with Gasteiger partial charge in [-0.2, -0.15) is 0 Å². The summed E-state index contributed by atoms with van der Waals surface area (Å²) in [4.78, 5) is 0. The second kappa shape index (κ2) is 8.16. The molecule has 6 heteroatoms. The molecular formula is C19H20FN3OS. The molecule has 3 aromatic rings. The van der Waals surface area contributed by atoms with Crippen molar-refractivity contribution in [2.75, 3.05) is 0 Å². The van der Waals surface area contributed by atoms with E-state index in [0.29, 0.717) is 5.75 Å². The minimum Gasteiger partial charge on any atom is -0.483 e. The van der Waals surface area contributed by atoms with Crippen LogP contribution in [0, 0.1) is 5.82 Å². The molecule has 4 nitrogen and oxygen atoms in total. The molecule has 130 valence electrons. The summed E-state index contributed by atoms with van der Waals surface area (Å²) in [5, 5.41) is 9.41. The van der Waals surface area contributed by atoms with Gasteiger partial charge in [-0.15, -0.1) is 10.2 Å². The quantitative estimate of drug-likeness (QED) is 0.566. The molecule has 0 bridgehead atoms. The maximum Gasteiger partial charge on any atom is 0.191 e. The Labute approximate surface area is 151 Å². The van der Waals surface area contributed by atoms with Crippen molar-refractivity contribution < 1.29 is 9.13 Å². The van der Waals surface area contributed by atoms with E-state index < -0.39 is 0 Å². The second-order valence-electron chi connectivity index (χ2n) is 5.58. The average molecular weight is 357 g/mol. The van der Waals surface area contributed by atoms with E-state index in [9.17, 15) is 4.39 Å². The van der Waals surface area contributed by atoms with E-state index in [2.05, 4.69) is 10.2 Å². The van der Waals surface area contributed by atoms with Gasteiger partial charge < -0.3 is 9.30 Å². The summed E-state index contributed by atoms with van der Waals surface area (Å²) < 4.78 is 21.3. The Bertz CT molecular complexity index is 823. The molecule has 1 heterocycles. The smallest absolute Gasteiger partial charge is 0.191 e. The maximum absolute atomic E-state index is 13.3. The van der Waals surface area contributed by atoms with E-state index in [1.807, 2.05) is 54.8 Å². The van der Waals surface area contributed by atoms with E-state index in [1.165, 1.54) is 6.07 Å².